The minimum absolute atomic E-state index is 0.0842. The summed E-state index contributed by atoms with van der Waals surface area (Å²) in [4.78, 5) is 21.7. The smallest absolute Gasteiger partial charge is 0.270 e. The molecule has 2 aromatic carbocycles. The number of carbonyl (C=O) groups excluding carboxylic acids is 1. The molecule has 7 nitrogen and oxygen atoms in total. The lowest BCUT2D eigenvalue weighted by atomic mass is 10.2. The summed E-state index contributed by atoms with van der Waals surface area (Å²) in [6.45, 7) is -0.388. The first-order chi connectivity index (χ1) is 11.0. The summed E-state index contributed by atoms with van der Waals surface area (Å²) in [5.74, 6) is -0.724. The summed E-state index contributed by atoms with van der Waals surface area (Å²) < 4.78 is 17.9. The fourth-order valence-electron chi connectivity index (χ4n) is 1.75. The van der Waals surface area contributed by atoms with Crippen LogP contribution in [0.25, 0.3) is 0 Å². The Morgan fingerprint density at radius 2 is 1.96 bits per heavy atom. The third-order valence-corrected chi connectivity index (χ3v) is 2.93. The van der Waals surface area contributed by atoms with E-state index in [4.69, 9.17) is 4.74 Å². The van der Waals surface area contributed by atoms with Gasteiger partial charge in [-0.05, 0) is 30.3 Å². The number of amides is 1. The maximum absolute atomic E-state index is 12.7. The molecule has 0 aromatic heterocycles. The molecule has 0 unspecified atom stereocenters. The van der Waals surface area contributed by atoms with Gasteiger partial charge in [0.25, 0.3) is 11.6 Å². The maximum atomic E-state index is 12.7. The van der Waals surface area contributed by atoms with E-state index >= 15 is 0 Å². The molecular formula is C15H13FN2O5. The third kappa shape index (κ3) is 4.67. The van der Waals surface area contributed by atoms with Crippen LogP contribution in [-0.4, -0.2) is 22.5 Å². The minimum Gasteiger partial charge on any atom is -0.508 e. The van der Waals surface area contributed by atoms with Crippen molar-refractivity contribution in [3.05, 3.63) is 64.0 Å². The molecule has 0 fully saturated rings. The van der Waals surface area contributed by atoms with Crippen molar-refractivity contribution >= 4 is 11.6 Å². The van der Waals surface area contributed by atoms with Gasteiger partial charge in [-0.25, -0.2) is 4.39 Å². The quantitative estimate of drug-likeness (QED) is 0.627. The molecule has 0 atom stereocenters. The summed E-state index contributed by atoms with van der Waals surface area (Å²) in [5.41, 5.74) is 0.0314. The maximum Gasteiger partial charge on any atom is 0.270 e. The number of aromatic hydroxyl groups is 1. The normalized spacial score (nSPS) is 10.1. The number of rotatable bonds is 6. The van der Waals surface area contributed by atoms with Crippen LogP contribution in [0.3, 0.4) is 0 Å². The number of hydrogen-bond donors (Lipinski definition) is 2. The lowest BCUT2D eigenvalue weighted by Gasteiger charge is -2.08. The molecule has 0 radical (unpaired) electrons. The average Bonchev–Trinajstić information content (AvgIpc) is 2.53. The molecule has 0 saturated heterocycles. The van der Waals surface area contributed by atoms with Crippen molar-refractivity contribution in [2.24, 2.45) is 0 Å². The number of benzene rings is 2. The highest BCUT2D eigenvalue weighted by molar-refractivity contribution is 5.77. The highest BCUT2D eigenvalue weighted by Crippen LogP contribution is 2.22. The number of halogens is 1. The van der Waals surface area contributed by atoms with Crippen LogP contribution in [0.15, 0.2) is 42.5 Å². The predicted octanol–water partition coefficient (Wildman–Crippen LogP) is 2.13. The topological polar surface area (TPSA) is 102 Å². The third-order valence-electron chi connectivity index (χ3n) is 2.93. The Labute approximate surface area is 130 Å². The van der Waals surface area contributed by atoms with Crippen molar-refractivity contribution in [2.75, 3.05) is 6.61 Å². The lowest BCUT2D eigenvalue weighted by Crippen LogP contribution is -2.28. The van der Waals surface area contributed by atoms with E-state index in [1.807, 2.05) is 0 Å². The van der Waals surface area contributed by atoms with Crippen molar-refractivity contribution in [3.63, 3.8) is 0 Å². The Kier molecular flexibility index (Phi) is 5.08. The molecule has 2 N–H and O–H groups in total. The fraction of sp³-hybridized carbons (Fsp3) is 0.133. The molecule has 0 aliphatic carbocycles. The molecule has 0 saturated carbocycles. The number of hydrogen-bond acceptors (Lipinski definition) is 5. The second-order valence-electron chi connectivity index (χ2n) is 4.59. The average molecular weight is 320 g/mol. The van der Waals surface area contributed by atoms with Gasteiger partial charge in [0.2, 0.25) is 0 Å². The molecule has 120 valence electrons. The number of carbonyl (C=O) groups is 1. The van der Waals surface area contributed by atoms with Gasteiger partial charge in [0.05, 0.1) is 4.92 Å². The number of non-ortho nitro benzene ring substituents is 1. The number of nitro groups is 1. The van der Waals surface area contributed by atoms with Crippen LogP contribution in [0, 0.1) is 15.9 Å². The number of phenolic OH excluding ortho intramolecular Hbond substituents is 1. The molecule has 0 aliphatic heterocycles. The number of ether oxygens (including phenoxy) is 1. The van der Waals surface area contributed by atoms with Gasteiger partial charge in [0, 0.05) is 24.2 Å². The number of nitro benzene ring substituents is 1. The van der Waals surface area contributed by atoms with Crippen molar-refractivity contribution < 1.29 is 24.0 Å². The van der Waals surface area contributed by atoms with E-state index in [9.17, 15) is 24.4 Å². The summed E-state index contributed by atoms with van der Waals surface area (Å²) in [7, 11) is 0. The van der Waals surface area contributed by atoms with Gasteiger partial charge in [-0.15, -0.1) is 0 Å². The van der Waals surface area contributed by atoms with Gasteiger partial charge < -0.3 is 15.2 Å². The summed E-state index contributed by atoms with van der Waals surface area (Å²) >= 11 is 0. The molecule has 0 aliphatic rings. The first kappa shape index (κ1) is 16.2. The predicted molar refractivity (Wildman–Crippen MR) is 78.5 cm³/mol. The zero-order chi connectivity index (χ0) is 16.8. The van der Waals surface area contributed by atoms with E-state index in [-0.39, 0.29) is 30.2 Å². The van der Waals surface area contributed by atoms with Crippen molar-refractivity contribution in [1.82, 2.24) is 5.32 Å². The van der Waals surface area contributed by atoms with E-state index < -0.39 is 16.6 Å². The minimum atomic E-state index is -0.595. The van der Waals surface area contributed by atoms with E-state index in [0.717, 1.165) is 6.07 Å². The number of nitrogens with zero attached hydrogens (tertiary/aromatic N) is 1. The second kappa shape index (κ2) is 7.21. The highest BCUT2D eigenvalue weighted by atomic mass is 19.1. The molecule has 2 aromatic rings. The number of nitrogens with one attached hydrogen (secondary N) is 1. The van der Waals surface area contributed by atoms with E-state index in [1.165, 1.54) is 36.4 Å². The monoisotopic (exact) mass is 320 g/mol. The van der Waals surface area contributed by atoms with Gasteiger partial charge in [-0.1, -0.05) is 0 Å². The molecule has 0 bridgehead atoms. The number of phenols is 1. The van der Waals surface area contributed by atoms with Crippen molar-refractivity contribution in [2.45, 2.75) is 6.54 Å². The van der Waals surface area contributed by atoms with Gasteiger partial charge in [-0.2, -0.15) is 0 Å². The van der Waals surface area contributed by atoms with E-state index in [1.54, 1.807) is 0 Å². The van der Waals surface area contributed by atoms with Crippen molar-refractivity contribution in [1.29, 1.82) is 0 Å². The zero-order valence-corrected chi connectivity index (χ0v) is 11.9. The molecule has 0 heterocycles. The Bertz CT molecular complexity index is 718. The van der Waals surface area contributed by atoms with Crippen LogP contribution in [0.2, 0.25) is 0 Å². The first-order valence-electron chi connectivity index (χ1n) is 6.57. The van der Waals surface area contributed by atoms with Crippen LogP contribution in [0.4, 0.5) is 10.1 Å². The van der Waals surface area contributed by atoms with Crippen LogP contribution in [0.1, 0.15) is 5.56 Å². The van der Waals surface area contributed by atoms with Gasteiger partial charge in [0.15, 0.2) is 6.61 Å². The highest BCUT2D eigenvalue weighted by Gasteiger charge is 2.11. The Morgan fingerprint density at radius 3 is 2.61 bits per heavy atom. The lowest BCUT2D eigenvalue weighted by molar-refractivity contribution is -0.384. The van der Waals surface area contributed by atoms with Crippen LogP contribution >= 0.6 is 0 Å². The first-order valence-corrected chi connectivity index (χ1v) is 6.57. The zero-order valence-electron chi connectivity index (χ0n) is 11.9. The van der Waals surface area contributed by atoms with Gasteiger partial charge >= 0.3 is 0 Å². The summed E-state index contributed by atoms with van der Waals surface area (Å²) in [6.07, 6.45) is 0. The summed E-state index contributed by atoms with van der Waals surface area (Å²) in [5, 5.41) is 22.8. The Balaban J connectivity index is 1.88. The molecular weight excluding hydrogens is 307 g/mol. The molecule has 8 heteroatoms. The standard InChI is InChI=1S/C15H13FN2O5/c16-11-1-4-13(5-2-11)23-9-15(20)17-8-10-7-12(18(21)22)3-6-14(10)19/h1-7,19H,8-9H2,(H,17,20). The largest absolute Gasteiger partial charge is 0.508 e. The molecule has 23 heavy (non-hydrogen) atoms. The second-order valence-corrected chi connectivity index (χ2v) is 4.59. The van der Waals surface area contributed by atoms with Crippen LogP contribution in [0.5, 0.6) is 11.5 Å². The molecule has 1 amide bonds. The molecule has 0 spiro atoms. The van der Waals surface area contributed by atoms with Gasteiger partial charge in [-0.3, -0.25) is 14.9 Å². The van der Waals surface area contributed by atoms with Crippen molar-refractivity contribution in [3.8, 4) is 11.5 Å². The van der Waals surface area contributed by atoms with Crippen LogP contribution in [-0.2, 0) is 11.3 Å². The summed E-state index contributed by atoms with van der Waals surface area (Å²) in [6, 6.07) is 8.70. The fourth-order valence-corrected chi connectivity index (χ4v) is 1.75. The Hall–Kier alpha value is -3.16. The van der Waals surface area contributed by atoms with E-state index in [2.05, 4.69) is 5.32 Å². The molecule has 2 rings (SSSR count). The van der Waals surface area contributed by atoms with Gasteiger partial charge in [0.1, 0.15) is 17.3 Å². The Morgan fingerprint density at radius 1 is 1.26 bits per heavy atom. The SMILES string of the molecule is O=C(COc1ccc(F)cc1)NCc1cc([N+](=O)[O-])ccc1O. The van der Waals surface area contributed by atoms with E-state index in [0.29, 0.717) is 5.75 Å². The van der Waals surface area contributed by atoms with Crippen LogP contribution < -0.4 is 10.1 Å².